The molecule has 2 heterocycles. The summed E-state index contributed by atoms with van der Waals surface area (Å²) in [5, 5.41) is 4.80. The van der Waals surface area contributed by atoms with Crippen LogP contribution >= 0.6 is 11.3 Å². The molecule has 0 aromatic carbocycles. The van der Waals surface area contributed by atoms with Crippen LogP contribution in [0.2, 0.25) is 0 Å². The Morgan fingerprint density at radius 2 is 2.24 bits per heavy atom. The van der Waals surface area contributed by atoms with E-state index < -0.39 is 0 Å². The van der Waals surface area contributed by atoms with Crippen LogP contribution in [0.1, 0.15) is 49.7 Å². The van der Waals surface area contributed by atoms with E-state index >= 15 is 0 Å². The Bertz CT molecular complexity index is 443. The van der Waals surface area contributed by atoms with Gasteiger partial charge in [0.2, 0.25) is 0 Å². The molecule has 120 valence electrons. The van der Waals surface area contributed by atoms with Crippen molar-refractivity contribution in [3.8, 4) is 0 Å². The molecular weight excluding hydrogens is 280 g/mol. The summed E-state index contributed by atoms with van der Waals surface area (Å²) >= 11 is 1.88. The second-order valence-electron chi connectivity index (χ2n) is 6.37. The van der Waals surface area contributed by atoms with Crippen LogP contribution < -0.4 is 10.2 Å². The van der Waals surface area contributed by atoms with E-state index in [1.807, 2.05) is 11.3 Å². The highest BCUT2D eigenvalue weighted by Crippen LogP contribution is 2.34. The maximum Gasteiger partial charge on any atom is 0.186 e. The molecule has 4 nitrogen and oxygen atoms in total. The van der Waals surface area contributed by atoms with Crippen LogP contribution in [0, 0.1) is 6.92 Å². The van der Waals surface area contributed by atoms with E-state index in [2.05, 4.69) is 50.0 Å². The van der Waals surface area contributed by atoms with Gasteiger partial charge in [0.25, 0.3) is 0 Å². The Kier molecular flexibility index (Phi) is 6.02. The van der Waals surface area contributed by atoms with Gasteiger partial charge in [0.05, 0.1) is 5.69 Å². The standard InChI is InChI=1S/C16H30N4S/c1-6-9-17-12(2)15-13(3)18-16(21-15)20-10-7-8-14(20)11-19(4)5/h12,14,17H,6-11H2,1-5H3. The van der Waals surface area contributed by atoms with Crippen LogP contribution in [0.5, 0.6) is 0 Å². The van der Waals surface area contributed by atoms with Crippen molar-refractivity contribution in [1.82, 2.24) is 15.2 Å². The summed E-state index contributed by atoms with van der Waals surface area (Å²) in [5.74, 6) is 0. The molecular formula is C16H30N4S. The van der Waals surface area contributed by atoms with Crippen molar-refractivity contribution in [3.63, 3.8) is 0 Å². The lowest BCUT2D eigenvalue weighted by atomic mass is 10.2. The molecule has 5 heteroatoms. The molecule has 1 aromatic rings. The van der Waals surface area contributed by atoms with Crippen LogP contribution in [0.3, 0.4) is 0 Å². The van der Waals surface area contributed by atoms with Gasteiger partial charge in [-0.1, -0.05) is 6.92 Å². The number of hydrogen-bond acceptors (Lipinski definition) is 5. The third-order valence-corrected chi connectivity index (χ3v) is 5.49. The van der Waals surface area contributed by atoms with Crippen molar-refractivity contribution in [2.45, 2.75) is 52.1 Å². The van der Waals surface area contributed by atoms with E-state index in [9.17, 15) is 0 Å². The average Bonchev–Trinajstić information content (AvgIpc) is 3.01. The van der Waals surface area contributed by atoms with E-state index in [0.717, 1.165) is 19.6 Å². The van der Waals surface area contributed by atoms with Crippen molar-refractivity contribution in [2.24, 2.45) is 0 Å². The highest BCUT2D eigenvalue weighted by molar-refractivity contribution is 7.15. The first-order chi connectivity index (χ1) is 10.0. The quantitative estimate of drug-likeness (QED) is 0.839. The van der Waals surface area contributed by atoms with Crippen molar-refractivity contribution in [2.75, 3.05) is 38.6 Å². The summed E-state index contributed by atoms with van der Waals surface area (Å²) in [6.45, 7) is 9.96. The predicted octanol–water partition coefficient (Wildman–Crippen LogP) is 3.04. The molecule has 1 fully saturated rings. The molecule has 0 amide bonds. The number of anilines is 1. The fourth-order valence-corrected chi connectivity index (χ4v) is 4.26. The fraction of sp³-hybridized carbons (Fsp3) is 0.812. The first-order valence-corrected chi connectivity index (χ1v) is 8.96. The molecule has 0 radical (unpaired) electrons. The third kappa shape index (κ3) is 4.18. The molecule has 1 aliphatic heterocycles. The SMILES string of the molecule is CCCNC(C)c1sc(N2CCCC2CN(C)C)nc1C. The van der Waals surface area contributed by atoms with Crippen molar-refractivity contribution in [3.05, 3.63) is 10.6 Å². The van der Waals surface area contributed by atoms with Gasteiger partial charge >= 0.3 is 0 Å². The Labute approximate surface area is 133 Å². The number of aryl methyl sites for hydroxylation is 1. The first-order valence-electron chi connectivity index (χ1n) is 8.15. The monoisotopic (exact) mass is 310 g/mol. The highest BCUT2D eigenvalue weighted by Gasteiger charge is 2.28. The maximum atomic E-state index is 4.87. The first kappa shape index (κ1) is 16.7. The molecule has 0 bridgehead atoms. The molecule has 1 aliphatic rings. The Balaban J connectivity index is 2.10. The minimum Gasteiger partial charge on any atom is -0.344 e. The summed E-state index contributed by atoms with van der Waals surface area (Å²) in [6.07, 6.45) is 3.75. The summed E-state index contributed by atoms with van der Waals surface area (Å²) in [6, 6.07) is 1.03. The number of nitrogens with one attached hydrogen (secondary N) is 1. The predicted molar refractivity (Wildman–Crippen MR) is 92.5 cm³/mol. The Morgan fingerprint density at radius 3 is 2.90 bits per heavy atom. The van der Waals surface area contributed by atoms with E-state index in [-0.39, 0.29) is 0 Å². The van der Waals surface area contributed by atoms with Crippen molar-refractivity contribution >= 4 is 16.5 Å². The average molecular weight is 311 g/mol. The summed E-state index contributed by atoms with van der Waals surface area (Å²) in [5.41, 5.74) is 1.20. The van der Waals surface area contributed by atoms with Gasteiger partial charge in [-0.2, -0.15) is 0 Å². The second kappa shape index (κ2) is 7.56. The zero-order chi connectivity index (χ0) is 15.4. The topological polar surface area (TPSA) is 31.4 Å². The zero-order valence-corrected chi connectivity index (χ0v) is 15.0. The fourth-order valence-electron chi connectivity index (χ4n) is 3.07. The Hall–Kier alpha value is -0.650. The van der Waals surface area contributed by atoms with Gasteiger partial charge in [0.1, 0.15) is 0 Å². The minimum absolute atomic E-state index is 0.408. The maximum absolute atomic E-state index is 4.87. The van der Waals surface area contributed by atoms with Crippen LogP contribution in [0.25, 0.3) is 0 Å². The van der Waals surface area contributed by atoms with Gasteiger partial charge in [0, 0.05) is 30.1 Å². The lowest BCUT2D eigenvalue weighted by molar-refractivity contribution is 0.372. The molecule has 0 saturated carbocycles. The third-order valence-electron chi connectivity index (χ3n) is 4.11. The summed E-state index contributed by atoms with van der Waals surface area (Å²) < 4.78 is 0. The molecule has 2 unspecified atom stereocenters. The van der Waals surface area contributed by atoms with Crippen LogP contribution in [0.15, 0.2) is 0 Å². The molecule has 21 heavy (non-hydrogen) atoms. The number of nitrogens with zero attached hydrogens (tertiary/aromatic N) is 3. The highest BCUT2D eigenvalue weighted by atomic mass is 32.1. The lowest BCUT2D eigenvalue weighted by Crippen LogP contribution is -2.37. The molecule has 1 saturated heterocycles. The molecule has 1 N–H and O–H groups in total. The van der Waals surface area contributed by atoms with Crippen molar-refractivity contribution in [1.29, 1.82) is 0 Å². The number of rotatable bonds is 7. The summed E-state index contributed by atoms with van der Waals surface area (Å²) in [7, 11) is 4.32. The normalized spacial score (nSPS) is 20.5. The number of likely N-dealkylation sites (N-methyl/N-ethyl adjacent to an activating group) is 1. The molecule has 1 aromatic heterocycles. The van der Waals surface area contributed by atoms with Gasteiger partial charge in [-0.05, 0) is 53.8 Å². The van der Waals surface area contributed by atoms with Gasteiger partial charge in [0.15, 0.2) is 5.13 Å². The molecule has 2 rings (SSSR count). The second-order valence-corrected chi connectivity index (χ2v) is 7.38. The van der Waals surface area contributed by atoms with E-state index in [1.54, 1.807) is 0 Å². The van der Waals surface area contributed by atoms with Crippen LogP contribution in [0.4, 0.5) is 5.13 Å². The summed E-state index contributed by atoms with van der Waals surface area (Å²) in [4.78, 5) is 11.1. The smallest absolute Gasteiger partial charge is 0.186 e. The lowest BCUT2D eigenvalue weighted by Gasteiger charge is -2.26. The number of hydrogen-bond donors (Lipinski definition) is 1. The van der Waals surface area contributed by atoms with Gasteiger partial charge < -0.3 is 15.1 Å². The number of aromatic nitrogens is 1. The molecule has 0 spiro atoms. The van der Waals surface area contributed by atoms with Gasteiger partial charge in [-0.3, -0.25) is 0 Å². The van der Waals surface area contributed by atoms with Crippen LogP contribution in [-0.2, 0) is 0 Å². The van der Waals surface area contributed by atoms with Gasteiger partial charge in [-0.25, -0.2) is 4.98 Å². The Morgan fingerprint density at radius 1 is 1.48 bits per heavy atom. The molecule has 2 atom stereocenters. The zero-order valence-electron chi connectivity index (χ0n) is 14.1. The van der Waals surface area contributed by atoms with E-state index in [1.165, 1.54) is 35.0 Å². The van der Waals surface area contributed by atoms with Crippen LogP contribution in [-0.4, -0.2) is 49.7 Å². The van der Waals surface area contributed by atoms with Gasteiger partial charge in [-0.15, -0.1) is 11.3 Å². The largest absolute Gasteiger partial charge is 0.344 e. The number of thiazole rings is 1. The van der Waals surface area contributed by atoms with Crippen molar-refractivity contribution < 1.29 is 0 Å². The minimum atomic E-state index is 0.408. The van der Waals surface area contributed by atoms with E-state index in [4.69, 9.17) is 4.98 Å². The molecule has 0 aliphatic carbocycles. The van der Waals surface area contributed by atoms with E-state index in [0.29, 0.717) is 12.1 Å².